The monoisotopic (exact) mass is 344 g/mol. The summed E-state index contributed by atoms with van der Waals surface area (Å²) in [5, 5.41) is 8.03. The molecular formula is C7H9IN2O2S2. The molecule has 0 amide bonds. The maximum absolute atomic E-state index is 11.7. The maximum atomic E-state index is 11.7. The summed E-state index contributed by atoms with van der Waals surface area (Å²) in [5.41, 5.74) is 0. The smallest absolute Gasteiger partial charge is 0.178 e. The van der Waals surface area contributed by atoms with Crippen LogP contribution in [0.4, 0.5) is 0 Å². The Bertz CT molecular complexity index is 429. The lowest BCUT2D eigenvalue weighted by Gasteiger charge is -2.19. The van der Waals surface area contributed by atoms with Crippen LogP contribution in [0.25, 0.3) is 0 Å². The van der Waals surface area contributed by atoms with Gasteiger partial charge in [0.05, 0.1) is 5.75 Å². The van der Waals surface area contributed by atoms with Crippen molar-refractivity contribution in [2.24, 2.45) is 0 Å². The van der Waals surface area contributed by atoms with Crippen molar-refractivity contribution in [2.75, 3.05) is 5.75 Å². The molecule has 0 aromatic carbocycles. The van der Waals surface area contributed by atoms with Gasteiger partial charge in [-0.1, -0.05) is 17.8 Å². The lowest BCUT2D eigenvalue weighted by Crippen LogP contribution is -2.21. The Labute approximate surface area is 100 Å². The zero-order chi connectivity index (χ0) is 10.2. The van der Waals surface area contributed by atoms with Crippen LogP contribution in [0.2, 0.25) is 0 Å². The largest absolute Gasteiger partial charge is 0.228 e. The molecule has 2 heterocycles. The van der Waals surface area contributed by atoms with Crippen molar-refractivity contribution in [3.63, 3.8) is 0 Å². The van der Waals surface area contributed by atoms with Crippen LogP contribution in [0.15, 0.2) is 0 Å². The normalized spacial score (nSPS) is 26.2. The Hall–Kier alpha value is 0.240. The summed E-state index contributed by atoms with van der Waals surface area (Å²) in [4.78, 5) is 0. The third-order valence-electron chi connectivity index (χ3n) is 2.27. The standard InChI is InChI=1S/C7H9IN2O2S2/c8-7-10-9-6(13-7)5-3-1-2-4-14(5,11)12/h5H,1-4H2. The molecule has 0 aliphatic carbocycles. The second kappa shape index (κ2) is 4.01. The number of rotatable bonds is 1. The van der Waals surface area contributed by atoms with E-state index in [4.69, 9.17) is 0 Å². The van der Waals surface area contributed by atoms with Gasteiger partial charge in [-0.15, -0.1) is 10.2 Å². The van der Waals surface area contributed by atoms with Gasteiger partial charge in [-0.05, 0) is 35.4 Å². The molecule has 1 aliphatic rings. The van der Waals surface area contributed by atoms with E-state index in [0.29, 0.717) is 17.2 Å². The highest BCUT2D eigenvalue weighted by atomic mass is 127. The fraction of sp³-hybridized carbons (Fsp3) is 0.714. The zero-order valence-corrected chi connectivity index (χ0v) is 11.1. The molecule has 0 bridgehead atoms. The third kappa shape index (κ3) is 2.08. The van der Waals surface area contributed by atoms with E-state index in [1.807, 2.05) is 0 Å². The number of halogens is 1. The maximum Gasteiger partial charge on any atom is 0.178 e. The summed E-state index contributed by atoms with van der Waals surface area (Å²) in [5.74, 6) is 0.299. The van der Waals surface area contributed by atoms with E-state index >= 15 is 0 Å². The molecule has 1 fully saturated rings. The van der Waals surface area contributed by atoms with Crippen LogP contribution >= 0.6 is 33.9 Å². The summed E-state index contributed by atoms with van der Waals surface area (Å²) in [6.45, 7) is 0. The second-order valence-corrected chi connectivity index (χ2v) is 8.31. The van der Waals surface area contributed by atoms with Crippen LogP contribution in [0.1, 0.15) is 29.5 Å². The average Bonchev–Trinajstić information content (AvgIpc) is 2.51. The van der Waals surface area contributed by atoms with E-state index in [1.165, 1.54) is 11.3 Å². The molecule has 1 atom stereocenters. The highest BCUT2D eigenvalue weighted by Gasteiger charge is 2.32. The Kier molecular flexibility index (Phi) is 3.08. The number of aromatic nitrogens is 2. The minimum atomic E-state index is -2.96. The van der Waals surface area contributed by atoms with Gasteiger partial charge < -0.3 is 0 Å². The second-order valence-electron chi connectivity index (χ2n) is 3.24. The fourth-order valence-electron chi connectivity index (χ4n) is 1.58. The molecule has 1 aromatic heterocycles. The summed E-state index contributed by atoms with van der Waals surface area (Å²) < 4.78 is 24.3. The van der Waals surface area contributed by atoms with Gasteiger partial charge in [0.2, 0.25) is 0 Å². The van der Waals surface area contributed by atoms with Crippen molar-refractivity contribution in [3.8, 4) is 0 Å². The summed E-state index contributed by atoms with van der Waals surface area (Å²) in [6.07, 6.45) is 2.46. The molecule has 2 rings (SSSR count). The highest BCUT2D eigenvalue weighted by molar-refractivity contribution is 14.1. The fourth-order valence-corrected chi connectivity index (χ4v) is 5.30. The number of hydrogen-bond acceptors (Lipinski definition) is 5. The number of sulfone groups is 1. The zero-order valence-electron chi connectivity index (χ0n) is 7.31. The van der Waals surface area contributed by atoms with E-state index in [1.54, 1.807) is 0 Å². The van der Waals surface area contributed by atoms with Gasteiger partial charge in [0, 0.05) is 0 Å². The minimum Gasteiger partial charge on any atom is -0.228 e. The quantitative estimate of drug-likeness (QED) is 0.729. The third-order valence-corrected chi connectivity index (χ3v) is 6.30. The Morgan fingerprint density at radius 3 is 2.71 bits per heavy atom. The molecule has 1 aromatic rings. The van der Waals surface area contributed by atoms with Gasteiger partial charge in [0.25, 0.3) is 0 Å². The SMILES string of the molecule is O=S1(=O)CCCCC1c1nnc(I)s1. The van der Waals surface area contributed by atoms with E-state index in [-0.39, 0.29) is 0 Å². The first-order valence-electron chi connectivity index (χ1n) is 4.30. The Morgan fingerprint density at radius 1 is 1.36 bits per heavy atom. The lowest BCUT2D eigenvalue weighted by atomic mass is 10.2. The van der Waals surface area contributed by atoms with Crippen molar-refractivity contribution in [1.29, 1.82) is 0 Å². The minimum absolute atomic E-state index is 0.299. The van der Waals surface area contributed by atoms with Crippen LogP contribution in [0, 0.1) is 3.01 Å². The van der Waals surface area contributed by atoms with Gasteiger partial charge in [-0.2, -0.15) is 0 Å². The molecule has 1 aliphatic heterocycles. The molecule has 4 nitrogen and oxygen atoms in total. The summed E-state index contributed by atoms with van der Waals surface area (Å²) in [6, 6.07) is 0. The molecule has 78 valence electrons. The summed E-state index contributed by atoms with van der Waals surface area (Å²) >= 11 is 3.44. The molecule has 14 heavy (non-hydrogen) atoms. The summed E-state index contributed by atoms with van der Waals surface area (Å²) in [7, 11) is -2.96. The van der Waals surface area contributed by atoms with Crippen molar-refractivity contribution >= 4 is 43.8 Å². The molecule has 7 heteroatoms. The average molecular weight is 344 g/mol. The molecule has 1 unspecified atom stereocenters. The van der Waals surface area contributed by atoms with Gasteiger partial charge >= 0.3 is 0 Å². The van der Waals surface area contributed by atoms with Gasteiger partial charge in [-0.3, -0.25) is 0 Å². The van der Waals surface area contributed by atoms with E-state index in [2.05, 4.69) is 32.8 Å². The first kappa shape index (κ1) is 10.7. The van der Waals surface area contributed by atoms with Crippen molar-refractivity contribution in [2.45, 2.75) is 24.5 Å². The molecular weight excluding hydrogens is 335 g/mol. The van der Waals surface area contributed by atoms with Gasteiger partial charge in [0.15, 0.2) is 12.9 Å². The number of nitrogens with zero attached hydrogens (tertiary/aromatic N) is 2. The first-order chi connectivity index (χ1) is 6.59. The molecule has 0 saturated carbocycles. The van der Waals surface area contributed by atoms with E-state index in [0.717, 1.165) is 15.9 Å². The van der Waals surface area contributed by atoms with E-state index in [9.17, 15) is 8.42 Å². The van der Waals surface area contributed by atoms with Gasteiger partial charge in [-0.25, -0.2) is 8.42 Å². The Balaban J connectivity index is 2.33. The number of hydrogen-bond donors (Lipinski definition) is 0. The van der Waals surface area contributed by atoms with Crippen molar-refractivity contribution < 1.29 is 8.42 Å². The van der Waals surface area contributed by atoms with E-state index < -0.39 is 15.1 Å². The van der Waals surface area contributed by atoms with Crippen molar-refractivity contribution in [3.05, 3.63) is 8.02 Å². The van der Waals surface area contributed by atoms with Crippen LogP contribution in [-0.4, -0.2) is 24.4 Å². The van der Waals surface area contributed by atoms with Crippen LogP contribution < -0.4 is 0 Å². The predicted molar refractivity (Wildman–Crippen MR) is 63.0 cm³/mol. The molecule has 1 saturated heterocycles. The van der Waals surface area contributed by atoms with Crippen LogP contribution in [0.5, 0.6) is 0 Å². The Morgan fingerprint density at radius 2 is 2.14 bits per heavy atom. The predicted octanol–water partition coefficient (Wildman–Crippen LogP) is 1.78. The lowest BCUT2D eigenvalue weighted by molar-refractivity contribution is 0.544. The molecule has 0 radical (unpaired) electrons. The highest BCUT2D eigenvalue weighted by Crippen LogP contribution is 2.34. The van der Waals surface area contributed by atoms with Gasteiger partial charge in [0.1, 0.15) is 10.3 Å². The topological polar surface area (TPSA) is 59.9 Å². The molecule has 0 N–H and O–H groups in total. The first-order valence-corrected chi connectivity index (χ1v) is 7.91. The van der Waals surface area contributed by atoms with Crippen LogP contribution in [0.3, 0.4) is 0 Å². The molecule has 0 spiro atoms. The van der Waals surface area contributed by atoms with Crippen molar-refractivity contribution in [1.82, 2.24) is 10.2 Å². The van der Waals surface area contributed by atoms with Crippen LogP contribution in [-0.2, 0) is 9.84 Å².